The second-order valence-electron chi connectivity index (χ2n) is 7.40. The first-order valence-electron chi connectivity index (χ1n) is 10.1. The van der Waals surface area contributed by atoms with Gasteiger partial charge in [-0.15, -0.1) is 0 Å². The van der Waals surface area contributed by atoms with Crippen LogP contribution in [-0.2, 0) is 4.79 Å². The molecule has 0 saturated heterocycles. The van der Waals surface area contributed by atoms with Gasteiger partial charge >= 0.3 is 0 Å². The summed E-state index contributed by atoms with van der Waals surface area (Å²) in [5.74, 6) is 0.462. The first kappa shape index (κ1) is 19.4. The Balaban J connectivity index is 1.46. The van der Waals surface area contributed by atoms with Crippen molar-refractivity contribution in [2.24, 2.45) is 5.10 Å². The maximum Gasteiger partial charge on any atom is 0.281 e. The summed E-state index contributed by atoms with van der Waals surface area (Å²) in [5, 5.41) is 8.02. The highest BCUT2D eigenvalue weighted by Crippen LogP contribution is 2.36. The number of nitrogens with zero attached hydrogens (tertiary/aromatic N) is 2. The molecule has 31 heavy (non-hydrogen) atoms. The van der Waals surface area contributed by atoms with Crippen molar-refractivity contribution in [1.82, 2.24) is 9.99 Å². The van der Waals surface area contributed by atoms with Crippen molar-refractivity contribution in [3.05, 3.63) is 101 Å². The summed E-state index contributed by atoms with van der Waals surface area (Å²) >= 11 is 6.05. The van der Waals surface area contributed by atoms with Crippen LogP contribution < -0.4 is 4.74 Å². The summed E-state index contributed by atoms with van der Waals surface area (Å²) in [6, 6.07) is 24.7. The van der Waals surface area contributed by atoms with Crippen LogP contribution in [0.2, 0.25) is 5.02 Å². The van der Waals surface area contributed by atoms with Crippen molar-refractivity contribution >= 4 is 34.1 Å². The number of halogens is 1. The van der Waals surface area contributed by atoms with E-state index in [2.05, 4.69) is 11.1 Å². The average Bonchev–Trinajstić information content (AvgIpc) is 3.43. The number of hydrazone groups is 1. The van der Waals surface area contributed by atoms with Gasteiger partial charge < -0.3 is 9.72 Å². The summed E-state index contributed by atoms with van der Waals surface area (Å²) < 4.78 is 5.70. The topological polar surface area (TPSA) is 57.7 Å². The zero-order valence-corrected chi connectivity index (χ0v) is 17.4. The third kappa shape index (κ3) is 3.92. The summed E-state index contributed by atoms with van der Waals surface area (Å²) in [6.07, 6.45) is 2.58. The first-order chi connectivity index (χ1) is 15.2. The zero-order chi connectivity index (χ0) is 21.2. The van der Waals surface area contributed by atoms with E-state index in [0.29, 0.717) is 17.2 Å². The molecule has 1 aromatic heterocycles. The molecule has 0 saturated carbocycles. The van der Waals surface area contributed by atoms with E-state index in [0.717, 1.165) is 27.7 Å². The molecule has 6 heteroatoms. The summed E-state index contributed by atoms with van der Waals surface area (Å²) in [4.78, 5) is 16.5. The van der Waals surface area contributed by atoms with Crippen LogP contribution in [0.3, 0.4) is 0 Å². The molecule has 0 bridgehead atoms. The number of hydrogen-bond donors (Lipinski definition) is 1. The Morgan fingerprint density at radius 3 is 2.58 bits per heavy atom. The summed E-state index contributed by atoms with van der Waals surface area (Å²) in [7, 11) is 0. The standard InChI is InChI=1S/C25H20ClN3O2/c26-18-12-10-17(11-13-18)23-14-24(21-15-27-22-9-5-4-8-20(21)22)29(28-23)25(30)16-31-19-6-2-1-3-7-19/h1-13,15,24,27H,14,16H2. The molecule has 0 aliphatic carbocycles. The number of fused-ring (bicyclic) bond motifs is 1. The Hall–Kier alpha value is -3.57. The average molecular weight is 430 g/mol. The fourth-order valence-electron chi connectivity index (χ4n) is 3.90. The highest BCUT2D eigenvalue weighted by atomic mass is 35.5. The highest BCUT2D eigenvalue weighted by molar-refractivity contribution is 6.30. The van der Waals surface area contributed by atoms with Gasteiger partial charge in [0.15, 0.2) is 6.61 Å². The number of carbonyl (C=O) groups is 1. The van der Waals surface area contributed by atoms with Gasteiger partial charge in [-0.3, -0.25) is 4.79 Å². The van der Waals surface area contributed by atoms with Gasteiger partial charge in [-0.05, 0) is 35.9 Å². The van der Waals surface area contributed by atoms with Crippen molar-refractivity contribution in [2.75, 3.05) is 6.61 Å². The van der Waals surface area contributed by atoms with Crippen LogP contribution in [0.25, 0.3) is 10.9 Å². The van der Waals surface area contributed by atoms with Gasteiger partial charge in [-0.2, -0.15) is 5.10 Å². The van der Waals surface area contributed by atoms with Crippen LogP contribution in [0.15, 0.2) is 90.2 Å². The van der Waals surface area contributed by atoms with Gasteiger partial charge in [0.05, 0.1) is 11.8 Å². The van der Waals surface area contributed by atoms with E-state index in [9.17, 15) is 4.79 Å². The molecule has 5 rings (SSSR count). The third-order valence-corrected chi connectivity index (χ3v) is 5.68. The first-order valence-corrected chi connectivity index (χ1v) is 10.5. The van der Waals surface area contributed by atoms with Gasteiger partial charge in [-0.25, -0.2) is 5.01 Å². The van der Waals surface area contributed by atoms with Crippen molar-refractivity contribution in [3.63, 3.8) is 0 Å². The van der Waals surface area contributed by atoms with E-state index in [1.165, 1.54) is 0 Å². The predicted octanol–water partition coefficient (Wildman–Crippen LogP) is 5.58. The minimum Gasteiger partial charge on any atom is -0.484 e. The van der Waals surface area contributed by atoms with Crippen LogP contribution in [0, 0.1) is 0 Å². The Kier molecular flexibility index (Phi) is 5.18. The van der Waals surface area contributed by atoms with Crippen LogP contribution in [0.4, 0.5) is 0 Å². The Bertz CT molecular complexity index is 1250. The number of nitrogens with one attached hydrogen (secondary N) is 1. The van der Waals surface area contributed by atoms with Gasteiger partial charge in [0.2, 0.25) is 0 Å². The molecule has 1 atom stereocenters. The third-order valence-electron chi connectivity index (χ3n) is 5.43. The van der Waals surface area contributed by atoms with Gasteiger partial charge in [-0.1, -0.05) is 60.1 Å². The SMILES string of the molecule is O=C(COc1ccccc1)N1N=C(c2ccc(Cl)cc2)CC1c1c[nH]c2ccccc12. The fraction of sp³-hybridized carbons (Fsp3) is 0.120. The smallest absolute Gasteiger partial charge is 0.281 e. The van der Waals surface area contributed by atoms with Crippen molar-refractivity contribution < 1.29 is 9.53 Å². The lowest BCUT2D eigenvalue weighted by atomic mass is 9.98. The summed E-state index contributed by atoms with van der Waals surface area (Å²) in [6.45, 7) is -0.0831. The normalized spacial score (nSPS) is 15.8. The largest absolute Gasteiger partial charge is 0.484 e. The molecule has 1 amide bonds. The molecule has 154 valence electrons. The van der Waals surface area contributed by atoms with Crippen LogP contribution >= 0.6 is 11.6 Å². The van der Waals surface area contributed by atoms with E-state index >= 15 is 0 Å². The molecule has 1 aliphatic heterocycles. The molecule has 1 unspecified atom stereocenters. The monoisotopic (exact) mass is 429 g/mol. The van der Waals surface area contributed by atoms with E-state index < -0.39 is 0 Å². The lowest BCUT2D eigenvalue weighted by Crippen LogP contribution is -2.31. The lowest BCUT2D eigenvalue weighted by molar-refractivity contribution is -0.135. The second-order valence-corrected chi connectivity index (χ2v) is 7.84. The molecular formula is C25H20ClN3O2. The maximum atomic E-state index is 13.2. The number of ether oxygens (including phenoxy) is 1. The second kappa shape index (κ2) is 8.28. The van der Waals surface area contributed by atoms with Gasteiger partial charge in [0.25, 0.3) is 5.91 Å². The minimum atomic E-state index is -0.214. The molecule has 1 N–H and O–H groups in total. The number of hydrogen-bond acceptors (Lipinski definition) is 3. The number of para-hydroxylation sites is 2. The number of rotatable bonds is 5. The zero-order valence-electron chi connectivity index (χ0n) is 16.7. The molecule has 1 aliphatic rings. The van der Waals surface area contributed by atoms with E-state index in [-0.39, 0.29) is 18.6 Å². The Morgan fingerprint density at radius 2 is 1.77 bits per heavy atom. The molecule has 2 heterocycles. The van der Waals surface area contributed by atoms with Crippen LogP contribution in [0.1, 0.15) is 23.6 Å². The number of aromatic amines is 1. The number of amides is 1. The fourth-order valence-corrected chi connectivity index (χ4v) is 4.02. The van der Waals surface area contributed by atoms with E-state index in [4.69, 9.17) is 21.4 Å². The molecule has 0 radical (unpaired) electrons. The van der Waals surface area contributed by atoms with E-state index in [1.54, 1.807) is 5.01 Å². The van der Waals surface area contributed by atoms with Crippen molar-refractivity contribution in [1.29, 1.82) is 0 Å². The number of benzene rings is 3. The van der Waals surface area contributed by atoms with Crippen LogP contribution in [0.5, 0.6) is 5.75 Å². The minimum absolute atomic E-state index is 0.0831. The molecule has 0 spiro atoms. The molecule has 0 fully saturated rings. The Labute approximate surface area is 184 Å². The maximum absolute atomic E-state index is 13.2. The van der Waals surface area contributed by atoms with Crippen LogP contribution in [-0.4, -0.2) is 28.2 Å². The summed E-state index contributed by atoms with van der Waals surface area (Å²) in [5.41, 5.74) is 3.87. The molecule has 5 nitrogen and oxygen atoms in total. The number of aromatic nitrogens is 1. The highest BCUT2D eigenvalue weighted by Gasteiger charge is 2.34. The quantitative estimate of drug-likeness (QED) is 0.450. The number of H-pyrrole nitrogens is 1. The van der Waals surface area contributed by atoms with Gasteiger partial charge in [0, 0.05) is 34.1 Å². The predicted molar refractivity (Wildman–Crippen MR) is 122 cm³/mol. The van der Waals surface area contributed by atoms with Crippen molar-refractivity contribution in [2.45, 2.75) is 12.5 Å². The van der Waals surface area contributed by atoms with Gasteiger partial charge in [0.1, 0.15) is 5.75 Å². The Morgan fingerprint density at radius 1 is 1.03 bits per heavy atom. The van der Waals surface area contributed by atoms with E-state index in [1.807, 2.05) is 79.0 Å². The lowest BCUT2D eigenvalue weighted by Gasteiger charge is -2.21. The molecule has 4 aromatic rings. The van der Waals surface area contributed by atoms with Crippen molar-refractivity contribution in [3.8, 4) is 5.75 Å². The number of carbonyl (C=O) groups excluding carboxylic acids is 1. The molecule has 3 aromatic carbocycles. The molecular weight excluding hydrogens is 410 g/mol.